The maximum Gasteiger partial charge on any atom is 0.407 e. The highest BCUT2D eigenvalue weighted by atomic mass is 16.6. The molecule has 0 saturated heterocycles. The Morgan fingerprint density at radius 3 is 2.34 bits per heavy atom. The number of allylic oxidation sites excluding steroid dienone is 1. The van der Waals surface area contributed by atoms with Gasteiger partial charge >= 0.3 is 12.2 Å². The van der Waals surface area contributed by atoms with Gasteiger partial charge in [0, 0.05) is 19.5 Å². The SMILES string of the molecule is CC(C)CCC[C@@H](C)[C@H]1CC[C@H]2C3CC=C4C[C@@H](OC(=O)NCCNC(=O)OC(C)(C)C)CC[C@]4(C)C3CC[C@]12C. The first kappa shape index (κ1) is 32.2. The van der Waals surface area contributed by atoms with Crippen LogP contribution in [-0.4, -0.2) is 37.0 Å². The molecule has 2 N–H and O–H groups in total. The maximum absolute atomic E-state index is 12.5. The number of hydrogen-bond acceptors (Lipinski definition) is 4. The summed E-state index contributed by atoms with van der Waals surface area (Å²) in [6.07, 6.45) is 15.5. The third-order valence-electron chi connectivity index (χ3n) is 11.6. The van der Waals surface area contributed by atoms with Crippen LogP contribution in [0.2, 0.25) is 0 Å². The number of carbonyl (C=O) groups excluding carboxylic acids is 2. The van der Waals surface area contributed by atoms with Crippen LogP contribution in [0.5, 0.6) is 0 Å². The summed E-state index contributed by atoms with van der Waals surface area (Å²) in [5.41, 5.74) is 1.76. The van der Waals surface area contributed by atoms with Gasteiger partial charge in [0.15, 0.2) is 0 Å². The van der Waals surface area contributed by atoms with Gasteiger partial charge in [-0.2, -0.15) is 0 Å². The van der Waals surface area contributed by atoms with Crippen molar-refractivity contribution in [2.45, 2.75) is 138 Å². The minimum absolute atomic E-state index is 0.0684. The molecule has 234 valence electrons. The molecule has 2 unspecified atom stereocenters. The van der Waals surface area contributed by atoms with Crippen molar-refractivity contribution in [1.29, 1.82) is 0 Å². The molecule has 4 aliphatic rings. The van der Waals surface area contributed by atoms with Crippen LogP contribution in [0.15, 0.2) is 11.6 Å². The van der Waals surface area contributed by atoms with Crippen molar-refractivity contribution in [2.75, 3.05) is 13.1 Å². The van der Waals surface area contributed by atoms with E-state index < -0.39 is 17.8 Å². The Labute approximate surface area is 250 Å². The third-order valence-corrected chi connectivity index (χ3v) is 11.6. The van der Waals surface area contributed by atoms with E-state index >= 15 is 0 Å². The average molecular weight is 573 g/mol. The van der Waals surface area contributed by atoms with Crippen molar-refractivity contribution < 1.29 is 19.1 Å². The number of alkyl carbamates (subject to hydrolysis) is 2. The fraction of sp³-hybridized carbons (Fsp3) is 0.886. The molecule has 0 heterocycles. The van der Waals surface area contributed by atoms with Gasteiger partial charge in [0.05, 0.1) is 0 Å². The van der Waals surface area contributed by atoms with Gasteiger partial charge < -0.3 is 20.1 Å². The molecule has 2 amide bonds. The fourth-order valence-corrected chi connectivity index (χ4v) is 9.59. The van der Waals surface area contributed by atoms with Gasteiger partial charge in [-0.25, -0.2) is 9.59 Å². The third kappa shape index (κ3) is 7.44. The minimum Gasteiger partial charge on any atom is -0.446 e. The zero-order valence-electron chi connectivity index (χ0n) is 27.4. The molecular formula is C35H60N2O4. The molecule has 3 fully saturated rings. The van der Waals surface area contributed by atoms with E-state index in [0.29, 0.717) is 18.5 Å². The summed E-state index contributed by atoms with van der Waals surface area (Å²) in [5, 5.41) is 5.45. The monoisotopic (exact) mass is 572 g/mol. The first-order chi connectivity index (χ1) is 19.2. The van der Waals surface area contributed by atoms with Crippen molar-refractivity contribution in [3.05, 3.63) is 11.6 Å². The van der Waals surface area contributed by atoms with Gasteiger partial charge in [0.25, 0.3) is 0 Å². The molecule has 4 aliphatic carbocycles. The lowest BCUT2D eigenvalue weighted by Gasteiger charge is -2.58. The standard InChI is InChI=1S/C35H60N2O4/c1-23(2)10-9-11-24(3)28-14-15-29-27-13-12-25-22-26(16-18-34(25,7)30(27)17-19-35(28,29)8)40-31(38)36-20-21-37-32(39)41-33(4,5)6/h12,23-24,26-30H,9-11,13-22H2,1-8H3,(H,36,38)(H,37,39)/t24-,26+,27?,28-,29+,30?,34+,35-/m1/s1. The van der Waals surface area contributed by atoms with Gasteiger partial charge in [-0.05, 0) is 112 Å². The van der Waals surface area contributed by atoms with E-state index in [4.69, 9.17) is 9.47 Å². The van der Waals surface area contributed by atoms with Crippen LogP contribution < -0.4 is 10.6 Å². The molecule has 0 radical (unpaired) electrons. The summed E-state index contributed by atoms with van der Waals surface area (Å²) in [6.45, 7) is 18.5. The lowest BCUT2D eigenvalue weighted by molar-refractivity contribution is -0.0581. The van der Waals surface area contributed by atoms with Crippen LogP contribution >= 0.6 is 0 Å². The number of carbonyl (C=O) groups is 2. The van der Waals surface area contributed by atoms with Crippen LogP contribution in [0.3, 0.4) is 0 Å². The van der Waals surface area contributed by atoms with Crippen LogP contribution in [0.25, 0.3) is 0 Å². The molecule has 6 nitrogen and oxygen atoms in total. The molecule has 41 heavy (non-hydrogen) atoms. The van der Waals surface area contributed by atoms with Gasteiger partial charge in [-0.3, -0.25) is 0 Å². The molecule has 3 saturated carbocycles. The molecule has 6 heteroatoms. The molecule has 8 atom stereocenters. The summed E-state index contributed by atoms with van der Waals surface area (Å²) >= 11 is 0. The first-order valence-electron chi connectivity index (χ1n) is 16.8. The smallest absolute Gasteiger partial charge is 0.407 e. The van der Waals surface area contributed by atoms with E-state index in [0.717, 1.165) is 54.8 Å². The zero-order chi connectivity index (χ0) is 30.0. The summed E-state index contributed by atoms with van der Waals surface area (Å²) in [6, 6.07) is 0. The molecule has 0 spiro atoms. The number of rotatable bonds is 9. The van der Waals surface area contributed by atoms with Crippen LogP contribution in [0, 0.1) is 46.3 Å². The first-order valence-corrected chi connectivity index (χ1v) is 16.8. The number of amides is 2. The van der Waals surface area contributed by atoms with E-state index in [9.17, 15) is 9.59 Å². The summed E-state index contributed by atoms with van der Waals surface area (Å²) in [5.74, 6) is 5.00. The summed E-state index contributed by atoms with van der Waals surface area (Å²) in [4.78, 5) is 24.3. The second kappa shape index (κ2) is 12.9. The van der Waals surface area contributed by atoms with E-state index in [1.54, 1.807) is 0 Å². The van der Waals surface area contributed by atoms with Gasteiger partial charge in [-0.15, -0.1) is 0 Å². The molecule has 4 rings (SSSR count). The largest absolute Gasteiger partial charge is 0.446 e. The molecule has 0 aromatic heterocycles. The summed E-state index contributed by atoms with van der Waals surface area (Å²) in [7, 11) is 0. The topological polar surface area (TPSA) is 76.7 Å². The second-order valence-electron chi connectivity index (χ2n) is 15.9. The Hall–Kier alpha value is -1.72. The molecule has 0 aromatic carbocycles. The molecule has 0 bridgehead atoms. The molecule has 0 aliphatic heterocycles. The normalized spacial score (nSPS) is 35.4. The highest BCUT2D eigenvalue weighted by Crippen LogP contribution is 2.67. The lowest BCUT2D eigenvalue weighted by atomic mass is 9.47. The maximum atomic E-state index is 12.5. The number of nitrogens with one attached hydrogen (secondary N) is 2. The van der Waals surface area contributed by atoms with Crippen LogP contribution in [0.1, 0.15) is 126 Å². The van der Waals surface area contributed by atoms with Crippen LogP contribution in [0.4, 0.5) is 9.59 Å². The Balaban J connectivity index is 1.28. The van der Waals surface area contributed by atoms with Crippen molar-refractivity contribution in [2.24, 2.45) is 46.3 Å². The van der Waals surface area contributed by atoms with Crippen molar-refractivity contribution in [1.82, 2.24) is 10.6 Å². The molecule has 0 aromatic rings. The minimum atomic E-state index is -0.540. The van der Waals surface area contributed by atoms with Gasteiger partial charge in [0.2, 0.25) is 0 Å². The molecular weight excluding hydrogens is 512 g/mol. The van der Waals surface area contributed by atoms with Gasteiger partial charge in [-0.1, -0.05) is 65.5 Å². The summed E-state index contributed by atoms with van der Waals surface area (Å²) < 4.78 is 11.1. The second-order valence-corrected chi connectivity index (χ2v) is 15.9. The van der Waals surface area contributed by atoms with Crippen molar-refractivity contribution in [3.8, 4) is 0 Å². The average Bonchev–Trinajstić information content (AvgIpc) is 3.23. The fourth-order valence-electron chi connectivity index (χ4n) is 9.59. The quantitative estimate of drug-likeness (QED) is 0.214. The highest BCUT2D eigenvalue weighted by molar-refractivity contribution is 5.69. The lowest BCUT2D eigenvalue weighted by Crippen LogP contribution is -2.51. The van der Waals surface area contributed by atoms with E-state index in [1.807, 2.05) is 20.8 Å². The Morgan fingerprint density at radius 1 is 0.951 bits per heavy atom. The van der Waals surface area contributed by atoms with E-state index in [2.05, 4.69) is 51.3 Å². The van der Waals surface area contributed by atoms with Crippen molar-refractivity contribution >= 4 is 12.2 Å². The predicted molar refractivity (Wildman–Crippen MR) is 166 cm³/mol. The number of hydrogen-bond donors (Lipinski definition) is 2. The number of ether oxygens (including phenoxy) is 2. The zero-order valence-corrected chi connectivity index (χ0v) is 27.4. The highest BCUT2D eigenvalue weighted by Gasteiger charge is 2.59. The number of fused-ring (bicyclic) bond motifs is 5. The Kier molecular flexibility index (Phi) is 10.1. The van der Waals surface area contributed by atoms with Gasteiger partial charge in [0.1, 0.15) is 11.7 Å². The predicted octanol–water partition coefficient (Wildman–Crippen LogP) is 8.65. The van der Waals surface area contributed by atoms with E-state index in [-0.39, 0.29) is 11.5 Å². The Bertz CT molecular complexity index is 954. The Morgan fingerprint density at radius 2 is 1.66 bits per heavy atom. The van der Waals surface area contributed by atoms with Crippen LogP contribution in [-0.2, 0) is 9.47 Å². The van der Waals surface area contributed by atoms with Crippen molar-refractivity contribution in [3.63, 3.8) is 0 Å². The van der Waals surface area contributed by atoms with E-state index in [1.165, 1.54) is 56.9 Å².